The zero-order chi connectivity index (χ0) is 18.4. The molecule has 7 heteroatoms. The molecule has 25 heavy (non-hydrogen) atoms. The quantitative estimate of drug-likeness (QED) is 0.517. The molecule has 0 amide bonds. The van der Waals surface area contributed by atoms with E-state index in [0.717, 1.165) is 25.7 Å². The van der Waals surface area contributed by atoms with Gasteiger partial charge in [0.1, 0.15) is 0 Å². The molecule has 4 atom stereocenters. The molecule has 0 saturated heterocycles. The Morgan fingerprint density at radius 2 is 1.28 bits per heavy atom. The Kier molecular flexibility index (Phi) is 7.32. The summed E-state index contributed by atoms with van der Waals surface area (Å²) in [5.41, 5.74) is 0. The van der Waals surface area contributed by atoms with Crippen molar-refractivity contribution in [2.24, 2.45) is 11.8 Å². The fourth-order valence-corrected chi connectivity index (χ4v) is 4.92. The van der Waals surface area contributed by atoms with Crippen LogP contribution in [-0.2, 0) is 23.2 Å². The predicted molar refractivity (Wildman–Crippen MR) is 93.9 cm³/mol. The average Bonchev–Trinajstić information content (AvgIpc) is 2.59. The van der Waals surface area contributed by atoms with Gasteiger partial charge in [-0.15, -0.1) is 0 Å². The van der Waals surface area contributed by atoms with Crippen molar-refractivity contribution in [3.05, 3.63) is 25.3 Å². The molecule has 2 fully saturated rings. The van der Waals surface area contributed by atoms with Crippen LogP contribution in [0.2, 0.25) is 0 Å². The molecule has 2 rings (SSSR count). The molecular weight excluding hydrogens is 343 g/mol. The minimum absolute atomic E-state index is 0.0555. The van der Waals surface area contributed by atoms with Crippen molar-refractivity contribution >= 4 is 19.4 Å². The Morgan fingerprint density at radius 1 is 0.880 bits per heavy atom. The summed E-state index contributed by atoms with van der Waals surface area (Å²) in [5, 5.41) is 0. The van der Waals surface area contributed by atoms with E-state index >= 15 is 0 Å². The predicted octanol–water partition coefficient (Wildman–Crippen LogP) is 3.75. The largest absolute Gasteiger partial charge is 0.472 e. The van der Waals surface area contributed by atoms with Crippen LogP contribution in [0.15, 0.2) is 25.3 Å². The zero-order valence-electron chi connectivity index (χ0n) is 14.5. The van der Waals surface area contributed by atoms with Crippen LogP contribution in [-0.4, -0.2) is 28.7 Å². The molecule has 0 aromatic rings. The summed E-state index contributed by atoms with van der Waals surface area (Å²) in [5.74, 6) is -0.527. The van der Waals surface area contributed by atoms with Crippen LogP contribution < -0.4 is 0 Å². The van der Waals surface area contributed by atoms with E-state index in [9.17, 15) is 19.0 Å². The molecule has 0 aromatic heterocycles. The second-order valence-electron chi connectivity index (χ2n) is 6.86. The Balaban J connectivity index is 1.89. The molecule has 0 radical (unpaired) electrons. The van der Waals surface area contributed by atoms with Crippen LogP contribution in [0, 0.1) is 11.8 Å². The molecule has 2 aliphatic rings. The summed E-state index contributed by atoms with van der Waals surface area (Å²) in [6.45, 7) is 6.97. The number of hydrogen-bond acceptors (Lipinski definition) is 5. The molecular formula is C18H27O6P. The van der Waals surface area contributed by atoms with E-state index in [1.165, 1.54) is 12.2 Å². The van der Waals surface area contributed by atoms with Crippen molar-refractivity contribution in [2.45, 2.75) is 63.6 Å². The average molecular weight is 370 g/mol. The maximum absolute atomic E-state index is 12.3. The molecule has 140 valence electrons. The van der Waals surface area contributed by atoms with Crippen molar-refractivity contribution in [1.82, 2.24) is 0 Å². The molecule has 0 bridgehead atoms. The van der Waals surface area contributed by atoms with Crippen LogP contribution in [0.1, 0.15) is 51.4 Å². The molecule has 0 heterocycles. The SMILES string of the molecule is C=CC(=O)C1CCCC(OP(=O)(O)OC2CCCC(C(=O)C=C)C2)C1. The minimum atomic E-state index is -4.23. The van der Waals surface area contributed by atoms with Crippen LogP contribution in [0.3, 0.4) is 0 Å². The highest BCUT2D eigenvalue weighted by atomic mass is 31.2. The van der Waals surface area contributed by atoms with E-state index < -0.39 is 20.0 Å². The lowest BCUT2D eigenvalue weighted by molar-refractivity contribution is -0.120. The Hall–Kier alpha value is -1.07. The van der Waals surface area contributed by atoms with Gasteiger partial charge in [0.25, 0.3) is 0 Å². The second-order valence-corrected chi connectivity index (χ2v) is 8.22. The summed E-state index contributed by atoms with van der Waals surface area (Å²) in [7, 11) is -4.23. The third kappa shape index (κ3) is 6.00. The smallest absolute Gasteiger partial charge is 0.302 e. The van der Waals surface area contributed by atoms with Gasteiger partial charge in [-0.25, -0.2) is 4.57 Å². The summed E-state index contributed by atoms with van der Waals surface area (Å²) in [6.07, 6.45) is 6.69. The standard InChI is InChI=1S/C18H27O6P/c1-3-17(19)13-7-5-9-15(11-13)23-25(21,22)24-16-10-6-8-14(12-16)18(20)4-2/h3-4,13-16H,1-2,5-12H2,(H,21,22). The molecule has 0 aliphatic heterocycles. The maximum atomic E-state index is 12.3. The van der Waals surface area contributed by atoms with Gasteiger partial charge in [-0.05, 0) is 50.7 Å². The summed E-state index contributed by atoms with van der Waals surface area (Å²) in [4.78, 5) is 33.6. The maximum Gasteiger partial charge on any atom is 0.472 e. The lowest BCUT2D eigenvalue weighted by Crippen LogP contribution is -2.29. The number of carbonyl (C=O) groups excluding carboxylic acids is 2. The lowest BCUT2D eigenvalue weighted by Gasteiger charge is -2.32. The molecule has 2 saturated carbocycles. The number of carbonyl (C=O) groups is 2. The van der Waals surface area contributed by atoms with Crippen molar-refractivity contribution in [2.75, 3.05) is 0 Å². The molecule has 1 N–H and O–H groups in total. The number of phosphoric ester groups is 1. The second kappa shape index (κ2) is 9.04. The topological polar surface area (TPSA) is 89.9 Å². The first-order valence-electron chi connectivity index (χ1n) is 8.86. The molecule has 0 aromatic carbocycles. The van der Waals surface area contributed by atoms with Gasteiger partial charge in [0.15, 0.2) is 11.6 Å². The highest BCUT2D eigenvalue weighted by Crippen LogP contribution is 2.50. The zero-order valence-corrected chi connectivity index (χ0v) is 15.4. The first kappa shape index (κ1) is 20.2. The Bertz CT molecular complexity index is 526. The first-order valence-corrected chi connectivity index (χ1v) is 10.4. The number of allylic oxidation sites excluding steroid dienone is 2. The number of hydrogen-bond donors (Lipinski definition) is 1. The van der Waals surface area contributed by atoms with Crippen LogP contribution in [0.4, 0.5) is 0 Å². The third-order valence-corrected chi connectivity index (χ3v) is 6.15. The van der Waals surface area contributed by atoms with Gasteiger partial charge in [0.2, 0.25) is 0 Å². The van der Waals surface area contributed by atoms with E-state index in [1.54, 1.807) is 0 Å². The number of phosphoric acid groups is 1. The summed E-state index contributed by atoms with van der Waals surface area (Å²) < 4.78 is 23.0. The van der Waals surface area contributed by atoms with Gasteiger partial charge in [0, 0.05) is 11.8 Å². The monoisotopic (exact) mass is 370 g/mol. The summed E-state index contributed by atoms with van der Waals surface area (Å²) >= 11 is 0. The minimum Gasteiger partial charge on any atom is -0.302 e. The fourth-order valence-electron chi connectivity index (χ4n) is 3.73. The van der Waals surface area contributed by atoms with Crippen molar-refractivity contribution in [1.29, 1.82) is 0 Å². The van der Waals surface area contributed by atoms with E-state index in [1.807, 2.05) is 0 Å². The van der Waals surface area contributed by atoms with Gasteiger partial charge in [-0.2, -0.15) is 0 Å². The van der Waals surface area contributed by atoms with Gasteiger partial charge in [-0.1, -0.05) is 26.0 Å². The normalized spacial score (nSPS) is 32.4. The Morgan fingerprint density at radius 3 is 1.64 bits per heavy atom. The highest BCUT2D eigenvalue weighted by molar-refractivity contribution is 7.47. The van der Waals surface area contributed by atoms with E-state index in [-0.39, 0.29) is 23.4 Å². The molecule has 4 unspecified atom stereocenters. The molecule has 0 spiro atoms. The van der Waals surface area contributed by atoms with Gasteiger partial charge in [0.05, 0.1) is 12.2 Å². The van der Waals surface area contributed by atoms with Crippen molar-refractivity contribution in [3.63, 3.8) is 0 Å². The highest BCUT2D eigenvalue weighted by Gasteiger charge is 2.36. The third-order valence-electron chi connectivity index (χ3n) is 5.02. The number of ketones is 2. The van der Waals surface area contributed by atoms with Gasteiger partial charge >= 0.3 is 7.82 Å². The van der Waals surface area contributed by atoms with E-state index in [4.69, 9.17) is 9.05 Å². The number of rotatable bonds is 8. The molecule has 6 nitrogen and oxygen atoms in total. The molecule has 2 aliphatic carbocycles. The lowest BCUT2D eigenvalue weighted by atomic mass is 9.84. The van der Waals surface area contributed by atoms with Crippen LogP contribution in [0.25, 0.3) is 0 Å². The van der Waals surface area contributed by atoms with Crippen LogP contribution >= 0.6 is 7.82 Å². The van der Waals surface area contributed by atoms with Crippen molar-refractivity contribution in [3.8, 4) is 0 Å². The van der Waals surface area contributed by atoms with Crippen LogP contribution in [0.5, 0.6) is 0 Å². The summed E-state index contributed by atoms with van der Waals surface area (Å²) in [6, 6.07) is 0. The van der Waals surface area contributed by atoms with Gasteiger partial charge < -0.3 is 4.89 Å². The Labute approximate surface area is 148 Å². The fraction of sp³-hybridized carbons (Fsp3) is 0.667. The van der Waals surface area contributed by atoms with Crippen molar-refractivity contribution < 1.29 is 28.1 Å². The van der Waals surface area contributed by atoms with E-state index in [0.29, 0.717) is 25.7 Å². The van der Waals surface area contributed by atoms with E-state index in [2.05, 4.69) is 13.2 Å². The first-order chi connectivity index (χ1) is 11.8. The van der Waals surface area contributed by atoms with Gasteiger partial charge in [-0.3, -0.25) is 18.6 Å².